The average Bonchev–Trinajstić information content (AvgIpc) is 3.29. The molecule has 14 heteroatoms. The Morgan fingerprint density at radius 1 is 1.31 bits per heavy atom. The van der Waals surface area contributed by atoms with E-state index in [1.807, 2.05) is 18.2 Å². The predicted molar refractivity (Wildman–Crippen MR) is 137 cm³/mol. The number of fused-ring (bicyclic) bond motifs is 1. The van der Waals surface area contributed by atoms with E-state index in [9.17, 15) is 23.7 Å². The zero-order valence-corrected chi connectivity index (χ0v) is 22.5. The summed E-state index contributed by atoms with van der Waals surface area (Å²) in [6.07, 6.45) is -3.09. The minimum Gasteiger partial charge on any atom is -0.465 e. The standard InChI is InChI=1S/C25H31FN3O9P/c1-4-35-24(32)15(2)28-39(33,38-20-11-7-9-16-8-5-6-10-17(16)20)36-14-21-19(30)12-22(37-21)29-13-18(26)23(31)27-25(29)34-3/h5-11,13,15,19,21-22,25,30H,4,12,14H2,1-3H3,(H,27,31)(H,28,33). The summed E-state index contributed by atoms with van der Waals surface area (Å²) < 4.78 is 55.5. The number of rotatable bonds is 11. The van der Waals surface area contributed by atoms with E-state index in [1.165, 1.54) is 18.9 Å². The fourth-order valence-electron chi connectivity index (χ4n) is 4.20. The zero-order chi connectivity index (χ0) is 28.2. The van der Waals surface area contributed by atoms with Crippen LogP contribution in [0.4, 0.5) is 4.39 Å². The van der Waals surface area contributed by atoms with Crippen LogP contribution in [-0.4, -0.2) is 73.0 Å². The number of carbonyl (C=O) groups excluding carboxylic acids is 2. The van der Waals surface area contributed by atoms with Crippen LogP contribution in [0.15, 0.2) is 54.5 Å². The van der Waals surface area contributed by atoms with E-state index in [2.05, 4.69) is 10.4 Å². The molecule has 0 bridgehead atoms. The number of amides is 1. The molecule has 2 heterocycles. The lowest BCUT2D eigenvalue weighted by atomic mass is 10.1. The van der Waals surface area contributed by atoms with Gasteiger partial charge in [-0.2, -0.15) is 9.48 Å². The van der Waals surface area contributed by atoms with E-state index in [0.29, 0.717) is 5.39 Å². The van der Waals surface area contributed by atoms with Crippen molar-refractivity contribution < 1.29 is 46.9 Å². The van der Waals surface area contributed by atoms with Gasteiger partial charge in [-0.1, -0.05) is 36.4 Å². The van der Waals surface area contributed by atoms with Crippen molar-refractivity contribution in [2.75, 3.05) is 20.3 Å². The van der Waals surface area contributed by atoms with Gasteiger partial charge < -0.3 is 34.1 Å². The van der Waals surface area contributed by atoms with Gasteiger partial charge >= 0.3 is 13.7 Å². The molecule has 6 unspecified atom stereocenters. The molecule has 6 atom stereocenters. The zero-order valence-electron chi connectivity index (χ0n) is 21.6. The molecule has 12 nitrogen and oxygen atoms in total. The van der Waals surface area contributed by atoms with Crippen LogP contribution in [0.5, 0.6) is 5.75 Å². The number of hydrogen-bond donors (Lipinski definition) is 3. The van der Waals surface area contributed by atoms with Crippen molar-refractivity contribution in [2.45, 2.75) is 51.1 Å². The Labute approximate surface area is 224 Å². The topological polar surface area (TPSA) is 145 Å². The van der Waals surface area contributed by atoms with Crippen molar-refractivity contribution >= 4 is 30.4 Å². The second-order valence-electron chi connectivity index (χ2n) is 8.88. The smallest absolute Gasteiger partial charge is 0.459 e. The minimum atomic E-state index is -4.26. The Bertz CT molecular complexity index is 1270. The molecule has 0 spiro atoms. The molecule has 2 aliphatic rings. The second-order valence-corrected chi connectivity index (χ2v) is 10.6. The molecule has 4 rings (SSSR count). The summed E-state index contributed by atoms with van der Waals surface area (Å²) in [5.41, 5.74) is 0. The molecule has 2 aromatic rings. The first kappa shape index (κ1) is 28.9. The molecule has 2 aromatic carbocycles. The molecule has 39 heavy (non-hydrogen) atoms. The van der Waals surface area contributed by atoms with Gasteiger partial charge in [0.2, 0.25) is 12.2 Å². The van der Waals surface area contributed by atoms with Gasteiger partial charge in [0.25, 0.3) is 5.91 Å². The number of aliphatic hydroxyl groups is 1. The van der Waals surface area contributed by atoms with Crippen molar-refractivity contribution in [3.05, 3.63) is 54.5 Å². The third kappa shape index (κ3) is 6.75. The fourth-order valence-corrected chi connectivity index (χ4v) is 5.72. The largest absolute Gasteiger partial charge is 0.465 e. The lowest BCUT2D eigenvalue weighted by Crippen LogP contribution is -2.54. The van der Waals surface area contributed by atoms with Gasteiger partial charge in [0, 0.05) is 25.1 Å². The monoisotopic (exact) mass is 567 g/mol. The number of esters is 1. The van der Waals surface area contributed by atoms with Crippen molar-refractivity contribution in [3.63, 3.8) is 0 Å². The maximum Gasteiger partial charge on any atom is 0.459 e. The Kier molecular flexibility index (Phi) is 9.21. The van der Waals surface area contributed by atoms with Gasteiger partial charge in [-0.3, -0.25) is 14.1 Å². The molecule has 0 aliphatic carbocycles. The molecule has 0 aromatic heterocycles. The second kappa shape index (κ2) is 12.4. The lowest BCUT2D eigenvalue weighted by molar-refractivity contribution is -0.152. The normalized spacial score (nSPS) is 25.5. The first-order valence-electron chi connectivity index (χ1n) is 12.3. The molecule has 1 saturated heterocycles. The summed E-state index contributed by atoms with van der Waals surface area (Å²) in [6, 6.07) is 11.4. The van der Waals surface area contributed by atoms with Crippen LogP contribution >= 0.6 is 7.75 Å². The van der Waals surface area contributed by atoms with E-state index in [-0.39, 0.29) is 18.8 Å². The fraction of sp³-hybridized carbons (Fsp3) is 0.440. The van der Waals surface area contributed by atoms with Crippen LogP contribution in [0, 0.1) is 0 Å². The Hall–Kier alpha value is -3.06. The van der Waals surface area contributed by atoms with Gasteiger partial charge in [-0.15, -0.1) is 0 Å². The first-order valence-corrected chi connectivity index (χ1v) is 13.9. The number of ether oxygens (including phenoxy) is 3. The van der Waals surface area contributed by atoms with Crippen LogP contribution in [0.2, 0.25) is 0 Å². The SMILES string of the molecule is CCOC(=O)C(C)NP(=O)(OCC1OC(N2C=C(F)C(=O)NC2OC)CC1O)Oc1cccc2ccccc12. The number of halogens is 1. The highest BCUT2D eigenvalue weighted by Gasteiger charge is 2.43. The number of hydrogen-bond acceptors (Lipinski definition) is 10. The van der Waals surface area contributed by atoms with Crippen molar-refractivity contribution in [1.82, 2.24) is 15.3 Å². The van der Waals surface area contributed by atoms with Crippen LogP contribution in [-0.2, 0) is 32.9 Å². The molecule has 212 valence electrons. The number of nitrogens with zero attached hydrogens (tertiary/aromatic N) is 1. The molecule has 1 amide bonds. The Balaban J connectivity index is 1.52. The maximum absolute atomic E-state index is 14.0. The highest BCUT2D eigenvalue weighted by molar-refractivity contribution is 7.52. The summed E-state index contributed by atoms with van der Waals surface area (Å²) in [4.78, 5) is 25.1. The summed E-state index contributed by atoms with van der Waals surface area (Å²) in [6.45, 7) is 2.81. The number of benzene rings is 2. The maximum atomic E-state index is 14.0. The Morgan fingerprint density at radius 3 is 2.79 bits per heavy atom. The summed E-state index contributed by atoms with van der Waals surface area (Å²) >= 11 is 0. The van der Waals surface area contributed by atoms with E-state index in [4.69, 9.17) is 23.3 Å². The van der Waals surface area contributed by atoms with Crippen molar-refractivity contribution in [3.8, 4) is 5.75 Å². The molecule has 0 saturated carbocycles. The highest BCUT2D eigenvalue weighted by atomic mass is 31.2. The van der Waals surface area contributed by atoms with Gasteiger partial charge in [0.1, 0.15) is 24.1 Å². The van der Waals surface area contributed by atoms with Gasteiger partial charge in [0.15, 0.2) is 0 Å². The molecule has 2 aliphatic heterocycles. The van der Waals surface area contributed by atoms with Gasteiger partial charge in [-0.05, 0) is 25.3 Å². The van der Waals surface area contributed by atoms with E-state index in [1.54, 1.807) is 31.2 Å². The van der Waals surface area contributed by atoms with E-state index in [0.717, 1.165) is 11.6 Å². The van der Waals surface area contributed by atoms with Crippen LogP contribution in [0.1, 0.15) is 20.3 Å². The van der Waals surface area contributed by atoms with Gasteiger partial charge in [-0.25, -0.2) is 4.57 Å². The van der Waals surface area contributed by atoms with Crippen LogP contribution in [0.3, 0.4) is 0 Å². The van der Waals surface area contributed by atoms with E-state index >= 15 is 0 Å². The first-order chi connectivity index (χ1) is 18.6. The summed E-state index contributed by atoms with van der Waals surface area (Å²) in [5.74, 6) is -2.40. The number of nitrogens with one attached hydrogen (secondary N) is 2. The molecule has 0 radical (unpaired) electrons. The summed E-state index contributed by atoms with van der Waals surface area (Å²) in [5, 5.41) is 17.1. The third-order valence-electron chi connectivity index (χ3n) is 6.13. The molecule has 3 N–H and O–H groups in total. The van der Waals surface area contributed by atoms with Crippen molar-refractivity contribution in [1.29, 1.82) is 0 Å². The van der Waals surface area contributed by atoms with Gasteiger partial charge in [0.05, 0.1) is 19.3 Å². The highest BCUT2D eigenvalue weighted by Crippen LogP contribution is 2.47. The number of aliphatic hydroxyl groups excluding tert-OH is 1. The quantitative estimate of drug-likeness (QED) is 0.272. The minimum absolute atomic E-state index is 0.00861. The van der Waals surface area contributed by atoms with Crippen LogP contribution < -0.4 is 14.9 Å². The average molecular weight is 568 g/mol. The predicted octanol–water partition coefficient (Wildman–Crippen LogP) is 2.53. The molecular formula is C25H31FN3O9P. The number of carbonyl (C=O) groups is 2. The lowest BCUT2D eigenvalue weighted by Gasteiger charge is -2.36. The Morgan fingerprint density at radius 2 is 2.05 bits per heavy atom. The molecule has 1 fully saturated rings. The molecular weight excluding hydrogens is 536 g/mol. The van der Waals surface area contributed by atoms with E-state index < -0.39 is 62.9 Å². The van der Waals surface area contributed by atoms with Crippen molar-refractivity contribution in [2.24, 2.45) is 0 Å². The number of methoxy groups -OCH3 is 1. The summed E-state index contributed by atoms with van der Waals surface area (Å²) in [7, 11) is -2.94. The van der Waals surface area contributed by atoms with Crippen LogP contribution in [0.25, 0.3) is 10.8 Å². The third-order valence-corrected chi connectivity index (χ3v) is 7.76.